The Kier molecular flexibility index (Phi) is 5.12. The van der Waals surface area contributed by atoms with E-state index in [1.807, 2.05) is 35.1 Å². The number of benzene rings is 1. The van der Waals surface area contributed by atoms with Crippen LogP contribution in [0, 0.1) is 5.41 Å². The molecule has 3 saturated heterocycles. The molecule has 7 heteroatoms. The van der Waals surface area contributed by atoms with Crippen molar-refractivity contribution in [1.82, 2.24) is 24.5 Å². The first-order valence-corrected chi connectivity index (χ1v) is 11.3. The molecular weight excluding hydrogens is 398 g/mol. The average molecular weight is 428 g/mol. The van der Waals surface area contributed by atoms with E-state index in [0.29, 0.717) is 11.6 Å². The van der Waals surface area contributed by atoms with Gasteiger partial charge in [-0.25, -0.2) is 4.68 Å². The molecule has 160 valence electrons. The summed E-state index contributed by atoms with van der Waals surface area (Å²) in [4.78, 5) is 20.6. The maximum atomic E-state index is 13.7. The highest BCUT2D eigenvalue weighted by atomic mass is 35.5. The normalized spacial score (nSPS) is 28.0. The van der Waals surface area contributed by atoms with Crippen LogP contribution in [0.5, 0.6) is 0 Å². The van der Waals surface area contributed by atoms with Gasteiger partial charge in [0.25, 0.3) is 0 Å². The maximum absolute atomic E-state index is 13.7. The molecule has 0 aliphatic carbocycles. The van der Waals surface area contributed by atoms with Gasteiger partial charge in [-0.05, 0) is 36.9 Å². The minimum Gasteiger partial charge on any atom is -0.336 e. The highest BCUT2D eigenvalue weighted by molar-refractivity contribution is 6.32. The number of halogens is 1. The largest absolute Gasteiger partial charge is 0.336 e. The first-order chi connectivity index (χ1) is 14.4. The van der Waals surface area contributed by atoms with E-state index in [9.17, 15) is 4.79 Å². The predicted octanol–water partition coefficient (Wildman–Crippen LogP) is 2.83. The number of para-hydroxylation sites is 1. The van der Waals surface area contributed by atoms with Crippen molar-refractivity contribution >= 4 is 17.5 Å². The molecule has 0 spiro atoms. The zero-order valence-electron chi connectivity index (χ0n) is 17.9. The monoisotopic (exact) mass is 427 g/mol. The molecule has 0 saturated carbocycles. The maximum Gasteiger partial charge on any atom is 0.241 e. The van der Waals surface area contributed by atoms with E-state index in [1.54, 1.807) is 0 Å². The number of amides is 1. The summed E-state index contributed by atoms with van der Waals surface area (Å²) in [6.45, 7) is 11.0. The fourth-order valence-corrected chi connectivity index (χ4v) is 5.51. The van der Waals surface area contributed by atoms with Gasteiger partial charge in [0.15, 0.2) is 0 Å². The van der Waals surface area contributed by atoms with Crippen molar-refractivity contribution in [2.24, 2.45) is 5.41 Å². The molecule has 6 rings (SSSR count). The minimum atomic E-state index is -0.0423. The standard InChI is InChI=1S/C23H30ClN5O/c1-23(2)12-20-17(13-25-29(20)19-7-4-3-6-18(19)24)14-28(16-23)22(30)21-15-26-8-5-9-27(21)11-10-26/h3-4,6-7,13,21H,5,8-12,14-16H2,1-2H3. The minimum absolute atomic E-state index is 0.0165. The summed E-state index contributed by atoms with van der Waals surface area (Å²) in [5.41, 5.74) is 3.15. The number of hydrogen-bond acceptors (Lipinski definition) is 4. The molecule has 5 heterocycles. The number of fused-ring (bicyclic) bond motifs is 5. The average Bonchev–Trinajstić information content (AvgIpc) is 2.90. The van der Waals surface area contributed by atoms with Gasteiger partial charge in [-0.1, -0.05) is 37.6 Å². The van der Waals surface area contributed by atoms with Crippen LogP contribution in [0.1, 0.15) is 31.5 Å². The van der Waals surface area contributed by atoms with Gasteiger partial charge in [-0.15, -0.1) is 0 Å². The lowest BCUT2D eigenvalue weighted by molar-refractivity contribution is -0.140. The molecule has 2 aromatic rings. The van der Waals surface area contributed by atoms with E-state index in [0.717, 1.165) is 69.1 Å². The molecule has 3 atom stereocenters. The van der Waals surface area contributed by atoms with Crippen LogP contribution < -0.4 is 0 Å². The second-order valence-corrected chi connectivity index (χ2v) is 10.1. The fourth-order valence-electron chi connectivity index (χ4n) is 5.29. The van der Waals surface area contributed by atoms with Crippen LogP contribution in [-0.4, -0.2) is 75.7 Å². The molecule has 2 bridgehead atoms. The Labute approximate surface area is 183 Å². The van der Waals surface area contributed by atoms with E-state index in [4.69, 9.17) is 11.6 Å². The van der Waals surface area contributed by atoms with Gasteiger partial charge in [0.2, 0.25) is 5.91 Å². The Hall–Kier alpha value is -1.89. The summed E-state index contributed by atoms with van der Waals surface area (Å²) in [7, 11) is 0. The van der Waals surface area contributed by atoms with Gasteiger partial charge in [-0.2, -0.15) is 5.10 Å². The Morgan fingerprint density at radius 1 is 1.17 bits per heavy atom. The summed E-state index contributed by atoms with van der Waals surface area (Å²) < 4.78 is 1.97. The van der Waals surface area contributed by atoms with E-state index in [1.165, 1.54) is 0 Å². The van der Waals surface area contributed by atoms with Gasteiger partial charge in [-0.3, -0.25) is 14.6 Å². The van der Waals surface area contributed by atoms with E-state index in [2.05, 4.69) is 33.6 Å². The van der Waals surface area contributed by atoms with Crippen molar-refractivity contribution in [3.63, 3.8) is 0 Å². The predicted molar refractivity (Wildman–Crippen MR) is 118 cm³/mol. The van der Waals surface area contributed by atoms with Crippen molar-refractivity contribution < 1.29 is 4.79 Å². The lowest BCUT2D eigenvalue weighted by atomic mass is 9.87. The number of hydrogen-bond donors (Lipinski definition) is 0. The van der Waals surface area contributed by atoms with Crippen LogP contribution in [0.3, 0.4) is 0 Å². The van der Waals surface area contributed by atoms with Crippen LogP contribution in [0.15, 0.2) is 30.5 Å². The fraction of sp³-hybridized carbons (Fsp3) is 0.565. The van der Waals surface area contributed by atoms with Crippen molar-refractivity contribution in [3.8, 4) is 5.69 Å². The molecule has 4 aliphatic rings. The second kappa shape index (κ2) is 7.66. The SMILES string of the molecule is CC1(C)Cc2c(cnn2-c2ccccc2Cl)CN(C(=O)C2CN3CCCN2CC3)C1. The van der Waals surface area contributed by atoms with Gasteiger partial charge in [0.05, 0.1) is 16.9 Å². The Morgan fingerprint density at radius 2 is 2.00 bits per heavy atom. The number of carbonyl (C=O) groups excluding carboxylic acids is 1. The van der Waals surface area contributed by atoms with Crippen molar-refractivity contribution in [3.05, 3.63) is 46.7 Å². The quantitative estimate of drug-likeness (QED) is 0.739. The highest BCUT2D eigenvalue weighted by Gasteiger charge is 2.40. The number of aromatic nitrogens is 2. The number of nitrogens with zero attached hydrogens (tertiary/aromatic N) is 5. The van der Waals surface area contributed by atoms with E-state index in [-0.39, 0.29) is 17.4 Å². The molecule has 0 N–H and O–H groups in total. The molecular formula is C23H30ClN5O. The third-order valence-electron chi connectivity index (χ3n) is 6.75. The Balaban J connectivity index is 1.46. The molecule has 3 fully saturated rings. The lowest BCUT2D eigenvalue weighted by Crippen LogP contribution is -2.58. The summed E-state index contributed by atoms with van der Waals surface area (Å²) in [5.74, 6) is 0.271. The van der Waals surface area contributed by atoms with Gasteiger partial charge in [0, 0.05) is 50.5 Å². The topological polar surface area (TPSA) is 44.6 Å². The van der Waals surface area contributed by atoms with Gasteiger partial charge < -0.3 is 4.90 Å². The number of rotatable bonds is 2. The van der Waals surface area contributed by atoms with Crippen LogP contribution in [0.2, 0.25) is 5.02 Å². The lowest BCUT2D eigenvalue weighted by Gasteiger charge is -2.40. The molecule has 0 radical (unpaired) electrons. The molecule has 4 aliphatic heterocycles. The number of piperazine rings is 1. The molecule has 1 aromatic heterocycles. The van der Waals surface area contributed by atoms with Crippen LogP contribution in [-0.2, 0) is 17.8 Å². The van der Waals surface area contributed by atoms with Crippen LogP contribution in [0.25, 0.3) is 5.69 Å². The van der Waals surface area contributed by atoms with Crippen molar-refractivity contribution in [2.45, 2.75) is 39.3 Å². The molecule has 1 amide bonds. The zero-order valence-corrected chi connectivity index (χ0v) is 18.6. The number of carbonyl (C=O) groups is 1. The summed E-state index contributed by atoms with van der Waals surface area (Å²) in [6, 6.07) is 7.80. The Bertz CT molecular complexity index is 951. The zero-order chi connectivity index (χ0) is 20.9. The smallest absolute Gasteiger partial charge is 0.241 e. The summed E-state index contributed by atoms with van der Waals surface area (Å²) in [5, 5.41) is 5.36. The van der Waals surface area contributed by atoms with Crippen molar-refractivity contribution in [2.75, 3.05) is 39.3 Å². The van der Waals surface area contributed by atoms with Crippen LogP contribution >= 0.6 is 11.6 Å². The summed E-state index contributed by atoms with van der Waals surface area (Å²) >= 11 is 6.47. The Morgan fingerprint density at radius 3 is 2.83 bits per heavy atom. The molecule has 1 aromatic carbocycles. The molecule has 30 heavy (non-hydrogen) atoms. The first kappa shape index (κ1) is 20.0. The molecule has 6 nitrogen and oxygen atoms in total. The first-order valence-electron chi connectivity index (χ1n) is 11.0. The third kappa shape index (κ3) is 3.66. The second-order valence-electron chi connectivity index (χ2n) is 9.72. The van der Waals surface area contributed by atoms with Crippen LogP contribution in [0.4, 0.5) is 0 Å². The third-order valence-corrected chi connectivity index (χ3v) is 7.07. The van der Waals surface area contributed by atoms with Gasteiger partial charge >= 0.3 is 0 Å². The van der Waals surface area contributed by atoms with E-state index < -0.39 is 0 Å². The van der Waals surface area contributed by atoms with Crippen molar-refractivity contribution in [1.29, 1.82) is 0 Å². The summed E-state index contributed by atoms with van der Waals surface area (Å²) in [6.07, 6.45) is 3.94. The van der Waals surface area contributed by atoms with Gasteiger partial charge in [0.1, 0.15) is 6.04 Å². The highest BCUT2D eigenvalue weighted by Crippen LogP contribution is 2.33. The molecule has 3 unspecified atom stereocenters. The van der Waals surface area contributed by atoms with E-state index >= 15 is 0 Å².